The zero-order valence-electron chi connectivity index (χ0n) is 24.1. The van der Waals surface area contributed by atoms with Crippen LogP contribution in [0.5, 0.6) is 0 Å². The molecule has 1 aliphatic heterocycles. The van der Waals surface area contributed by atoms with Gasteiger partial charge in [-0.2, -0.15) is 0 Å². The molecule has 39 heavy (non-hydrogen) atoms. The van der Waals surface area contributed by atoms with Gasteiger partial charge in [-0.1, -0.05) is 81.9 Å². The number of nitrogens with zero attached hydrogens (tertiary/aromatic N) is 3. The molecule has 0 N–H and O–H groups in total. The molecule has 1 saturated heterocycles. The van der Waals surface area contributed by atoms with E-state index >= 15 is 0 Å². The average Bonchev–Trinajstić information content (AvgIpc) is 2.92. The number of Topliss-reactive ketones (excluding diaryl/α,β-unsaturated/α-hetero) is 1. The van der Waals surface area contributed by atoms with E-state index < -0.39 is 0 Å². The number of carbonyl (C=O) groups excluding carboxylic acids is 2. The number of unbranched alkanes of at least 4 members (excludes halogenated alkanes) is 2. The fourth-order valence-corrected chi connectivity index (χ4v) is 5.74. The molecule has 0 radical (unpaired) electrons. The largest absolute Gasteiger partial charge is 0.367 e. The van der Waals surface area contributed by atoms with Gasteiger partial charge in [0.2, 0.25) is 5.91 Å². The maximum atomic E-state index is 14.1. The fraction of sp³-hybridized carbons (Fsp3) is 0.562. The first-order valence-electron chi connectivity index (χ1n) is 14.6. The van der Waals surface area contributed by atoms with Crippen molar-refractivity contribution in [2.75, 3.05) is 44.2 Å². The lowest BCUT2D eigenvalue weighted by atomic mass is 9.99. The normalized spacial score (nSPS) is 14.8. The van der Waals surface area contributed by atoms with Gasteiger partial charge in [0.05, 0.1) is 6.04 Å². The van der Waals surface area contributed by atoms with Gasteiger partial charge in [-0.15, -0.1) is 0 Å². The van der Waals surface area contributed by atoms with Gasteiger partial charge in [0, 0.05) is 53.9 Å². The lowest BCUT2D eigenvalue weighted by molar-refractivity contribution is -0.137. The highest BCUT2D eigenvalue weighted by atomic mass is 35.5. The number of benzene rings is 2. The van der Waals surface area contributed by atoms with Crippen molar-refractivity contribution in [3.8, 4) is 0 Å². The van der Waals surface area contributed by atoms with Crippen LogP contribution in [0.1, 0.15) is 75.7 Å². The van der Waals surface area contributed by atoms with Crippen LogP contribution in [0, 0.1) is 5.92 Å². The number of anilines is 1. The highest BCUT2D eigenvalue weighted by Gasteiger charge is 2.32. The lowest BCUT2D eigenvalue weighted by Crippen LogP contribution is -2.56. The molecule has 1 fully saturated rings. The molecular weight excluding hydrogens is 529 g/mol. The molecule has 7 heteroatoms. The van der Waals surface area contributed by atoms with Crippen molar-refractivity contribution < 1.29 is 9.59 Å². The standard InChI is InChI=1S/C32H45Cl2N3O2/c1-5-7-15-35(16-8-6-2)30(22-25-13-14-26(33)23-28(25)34)32(39)37-19-17-36(18-20-37)29-12-10-9-11-27(29)31(38)21-24(3)4/h9-14,23-24,30H,5-8,15-22H2,1-4H3/t30-/m1/s1. The Kier molecular flexibility index (Phi) is 12.6. The molecule has 0 aromatic heterocycles. The number of rotatable bonds is 14. The van der Waals surface area contributed by atoms with Crippen LogP contribution in [0.15, 0.2) is 42.5 Å². The highest BCUT2D eigenvalue weighted by Crippen LogP contribution is 2.27. The second kappa shape index (κ2) is 15.6. The number of halogens is 2. The minimum atomic E-state index is -0.270. The minimum absolute atomic E-state index is 0.164. The van der Waals surface area contributed by atoms with Crippen molar-refractivity contribution in [3.63, 3.8) is 0 Å². The zero-order chi connectivity index (χ0) is 28.4. The molecular formula is C32H45Cl2N3O2. The molecule has 1 atom stereocenters. The van der Waals surface area contributed by atoms with Gasteiger partial charge in [0.1, 0.15) is 0 Å². The van der Waals surface area contributed by atoms with E-state index in [4.69, 9.17) is 23.2 Å². The van der Waals surface area contributed by atoms with Crippen molar-refractivity contribution in [1.29, 1.82) is 0 Å². The molecule has 0 saturated carbocycles. The summed E-state index contributed by atoms with van der Waals surface area (Å²) in [4.78, 5) is 33.7. The van der Waals surface area contributed by atoms with Crippen molar-refractivity contribution in [2.24, 2.45) is 5.92 Å². The predicted molar refractivity (Wildman–Crippen MR) is 164 cm³/mol. The first-order valence-corrected chi connectivity index (χ1v) is 15.3. The zero-order valence-corrected chi connectivity index (χ0v) is 25.6. The van der Waals surface area contributed by atoms with E-state index in [9.17, 15) is 9.59 Å². The van der Waals surface area contributed by atoms with E-state index in [1.54, 1.807) is 6.07 Å². The summed E-state index contributed by atoms with van der Waals surface area (Å²) in [5.74, 6) is 0.660. The fourth-order valence-electron chi connectivity index (χ4n) is 5.26. The first kappa shape index (κ1) is 31.4. The first-order chi connectivity index (χ1) is 18.7. The van der Waals surface area contributed by atoms with Crippen LogP contribution in [0.25, 0.3) is 0 Å². The van der Waals surface area contributed by atoms with Gasteiger partial charge >= 0.3 is 0 Å². The molecule has 2 aromatic carbocycles. The number of hydrogen-bond acceptors (Lipinski definition) is 4. The molecule has 3 rings (SSSR count). The van der Waals surface area contributed by atoms with Crippen LogP contribution in [-0.4, -0.2) is 66.8 Å². The lowest BCUT2D eigenvalue weighted by Gasteiger charge is -2.40. The molecule has 5 nitrogen and oxygen atoms in total. The number of piperazine rings is 1. The molecule has 2 aromatic rings. The van der Waals surface area contributed by atoms with Crippen molar-refractivity contribution >= 4 is 40.6 Å². The van der Waals surface area contributed by atoms with E-state index in [1.165, 1.54) is 0 Å². The topological polar surface area (TPSA) is 43.9 Å². The monoisotopic (exact) mass is 573 g/mol. The maximum Gasteiger partial charge on any atom is 0.240 e. The number of carbonyl (C=O) groups is 2. The third-order valence-electron chi connectivity index (χ3n) is 7.48. The second-order valence-electron chi connectivity index (χ2n) is 11.0. The van der Waals surface area contributed by atoms with E-state index in [0.29, 0.717) is 55.0 Å². The molecule has 1 amide bonds. The van der Waals surface area contributed by atoms with Gasteiger partial charge in [0.15, 0.2) is 5.78 Å². The molecule has 0 bridgehead atoms. The predicted octanol–water partition coefficient (Wildman–Crippen LogP) is 7.38. The van der Waals surface area contributed by atoms with Gasteiger partial charge in [-0.3, -0.25) is 14.5 Å². The van der Waals surface area contributed by atoms with Crippen molar-refractivity contribution in [3.05, 3.63) is 63.6 Å². The Morgan fingerprint density at radius 2 is 1.56 bits per heavy atom. The summed E-state index contributed by atoms with van der Waals surface area (Å²) in [5, 5.41) is 1.21. The Bertz CT molecular complexity index is 1070. The summed E-state index contributed by atoms with van der Waals surface area (Å²) in [7, 11) is 0. The molecule has 1 aliphatic rings. The highest BCUT2D eigenvalue weighted by molar-refractivity contribution is 6.35. The Morgan fingerprint density at radius 1 is 0.923 bits per heavy atom. The van der Waals surface area contributed by atoms with E-state index in [-0.39, 0.29) is 17.7 Å². The summed E-state index contributed by atoms with van der Waals surface area (Å²) in [6.07, 6.45) is 5.37. The summed E-state index contributed by atoms with van der Waals surface area (Å²) < 4.78 is 0. The summed E-state index contributed by atoms with van der Waals surface area (Å²) >= 11 is 12.7. The summed E-state index contributed by atoms with van der Waals surface area (Å²) in [6.45, 7) is 13.0. The molecule has 214 valence electrons. The maximum absolute atomic E-state index is 14.1. The number of amides is 1. The SMILES string of the molecule is CCCCN(CCCC)[C@H](Cc1ccc(Cl)cc1Cl)C(=O)N1CCN(c2ccccc2C(=O)CC(C)C)CC1. The van der Waals surface area contributed by atoms with Crippen LogP contribution >= 0.6 is 23.2 Å². The van der Waals surface area contributed by atoms with E-state index in [1.807, 2.05) is 41.3 Å². The number of hydrogen-bond donors (Lipinski definition) is 0. The smallest absolute Gasteiger partial charge is 0.240 e. The van der Waals surface area contributed by atoms with Crippen molar-refractivity contribution in [2.45, 2.75) is 72.3 Å². The second-order valence-corrected chi connectivity index (χ2v) is 11.9. The van der Waals surface area contributed by atoms with Crippen LogP contribution in [-0.2, 0) is 11.2 Å². The third kappa shape index (κ3) is 8.96. The number of ketones is 1. The van der Waals surface area contributed by atoms with Crippen molar-refractivity contribution in [1.82, 2.24) is 9.80 Å². The Morgan fingerprint density at radius 3 is 2.15 bits per heavy atom. The van der Waals surface area contributed by atoms with Crippen LogP contribution < -0.4 is 4.90 Å². The van der Waals surface area contributed by atoms with E-state index in [0.717, 1.165) is 55.6 Å². The van der Waals surface area contributed by atoms with Gasteiger partial charge in [-0.05, 0) is 68.1 Å². The van der Waals surface area contributed by atoms with Crippen LogP contribution in [0.4, 0.5) is 5.69 Å². The minimum Gasteiger partial charge on any atom is -0.367 e. The third-order valence-corrected chi connectivity index (χ3v) is 8.07. The van der Waals surface area contributed by atoms with Crippen LogP contribution in [0.3, 0.4) is 0 Å². The van der Waals surface area contributed by atoms with E-state index in [2.05, 4.69) is 37.5 Å². The summed E-state index contributed by atoms with van der Waals surface area (Å²) in [6, 6.07) is 13.2. The quantitative estimate of drug-likeness (QED) is 0.221. The molecule has 0 spiro atoms. The Hall–Kier alpha value is -2.08. The summed E-state index contributed by atoms with van der Waals surface area (Å²) in [5.41, 5.74) is 2.72. The van der Waals surface area contributed by atoms with Gasteiger partial charge in [0.25, 0.3) is 0 Å². The van der Waals surface area contributed by atoms with Gasteiger partial charge in [-0.25, -0.2) is 0 Å². The number of para-hydroxylation sites is 1. The molecule has 0 unspecified atom stereocenters. The van der Waals surface area contributed by atoms with Crippen LogP contribution in [0.2, 0.25) is 10.0 Å². The molecule has 0 aliphatic carbocycles. The Labute approximate surface area is 245 Å². The average molecular weight is 575 g/mol. The Balaban J connectivity index is 1.79. The molecule has 1 heterocycles. The van der Waals surface area contributed by atoms with Gasteiger partial charge < -0.3 is 9.80 Å².